The van der Waals surface area contributed by atoms with Crippen LogP contribution in [0.1, 0.15) is 0 Å². The number of para-hydroxylation sites is 1. The number of hydrogen-bond acceptors (Lipinski definition) is 6. The number of H-pyrrole nitrogens is 1. The minimum absolute atomic E-state index is 0.0478. The monoisotopic (exact) mass is 306 g/mol. The first-order valence-electron chi connectivity index (χ1n) is 6.82. The van der Waals surface area contributed by atoms with Gasteiger partial charge in [0, 0.05) is 23.3 Å². The van der Waals surface area contributed by atoms with Crippen molar-refractivity contribution >= 4 is 10.9 Å². The summed E-state index contributed by atoms with van der Waals surface area (Å²) in [5.74, 6) is 0.0548. The Morgan fingerprint density at radius 2 is 2.00 bits per heavy atom. The van der Waals surface area contributed by atoms with E-state index in [2.05, 4.69) is 20.1 Å². The maximum Gasteiger partial charge on any atom is 0.267 e. The van der Waals surface area contributed by atoms with Crippen molar-refractivity contribution in [3.63, 3.8) is 0 Å². The van der Waals surface area contributed by atoms with Crippen LogP contribution in [0.15, 0.2) is 58.1 Å². The van der Waals surface area contributed by atoms with Crippen molar-refractivity contribution in [3.05, 3.63) is 59.1 Å². The molecule has 0 fully saturated rings. The molecule has 0 saturated heterocycles. The molecule has 3 heterocycles. The molecule has 112 valence electrons. The van der Waals surface area contributed by atoms with E-state index in [0.29, 0.717) is 22.3 Å². The van der Waals surface area contributed by atoms with Crippen LogP contribution in [0.25, 0.3) is 33.7 Å². The summed E-state index contributed by atoms with van der Waals surface area (Å²) in [6.45, 7) is 0. The SMILES string of the molecule is O=c1[nH]c2ccccc2c(O)c1-c1nc(-c2cccnc2)no1. The second-order valence-corrected chi connectivity index (χ2v) is 4.89. The lowest BCUT2D eigenvalue weighted by Crippen LogP contribution is -2.09. The average molecular weight is 306 g/mol. The van der Waals surface area contributed by atoms with Gasteiger partial charge in [-0.25, -0.2) is 0 Å². The van der Waals surface area contributed by atoms with Crippen LogP contribution in [0.3, 0.4) is 0 Å². The minimum Gasteiger partial charge on any atom is -0.506 e. The fraction of sp³-hybridized carbons (Fsp3) is 0. The zero-order valence-electron chi connectivity index (χ0n) is 11.7. The predicted molar refractivity (Wildman–Crippen MR) is 82.8 cm³/mol. The number of aromatic nitrogens is 4. The molecule has 0 atom stereocenters. The molecule has 0 aliphatic heterocycles. The third-order valence-electron chi connectivity index (χ3n) is 3.45. The molecule has 0 aliphatic carbocycles. The lowest BCUT2D eigenvalue weighted by molar-refractivity contribution is 0.426. The van der Waals surface area contributed by atoms with Crippen LogP contribution in [0.5, 0.6) is 5.75 Å². The Morgan fingerprint density at radius 1 is 1.13 bits per heavy atom. The number of pyridine rings is 2. The number of fused-ring (bicyclic) bond motifs is 1. The summed E-state index contributed by atoms with van der Waals surface area (Å²) in [7, 11) is 0. The van der Waals surface area contributed by atoms with Gasteiger partial charge in [0.25, 0.3) is 11.4 Å². The Morgan fingerprint density at radius 3 is 2.83 bits per heavy atom. The molecule has 0 saturated carbocycles. The highest BCUT2D eigenvalue weighted by molar-refractivity contribution is 5.90. The van der Waals surface area contributed by atoms with Crippen LogP contribution in [-0.2, 0) is 0 Å². The molecule has 23 heavy (non-hydrogen) atoms. The van der Waals surface area contributed by atoms with Gasteiger partial charge < -0.3 is 14.6 Å². The van der Waals surface area contributed by atoms with Crippen molar-refractivity contribution in [1.29, 1.82) is 0 Å². The van der Waals surface area contributed by atoms with Crippen LogP contribution < -0.4 is 5.56 Å². The Kier molecular flexibility index (Phi) is 2.90. The first-order valence-corrected chi connectivity index (χ1v) is 6.82. The van der Waals surface area contributed by atoms with Crippen molar-refractivity contribution in [2.45, 2.75) is 0 Å². The molecule has 0 bridgehead atoms. The molecule has 0 amide bonds. The molecular formula is C16H10N4O3. The second-order valence-electron chi connectivity index (χ2n) is 4.89. The fourth-order valence-corrected chi connectivity index (χ4v) is 2.36. The van der Waals surface area contributed by atoms with Gasteiger partial charge in [0.15, 0.2) is 0 Å². The summed E-state index contributed by atoms with van der Waals surface area (Å²) in [5, 5.41) is 14.7. The van der Waals surface area contributed by atoms with E-state index in [9.17, 15) is 9.90 Å². The van der Waals surface area contributed by atoms with E-state index in [1.165, 1.54) is 0 Å². The summed E-state index contributed by atoms with van der Waals surface area (Å²) < 4.78 is 5.15. The molecule has 0 aliphatic rings. The maximum absolute atomic E-state index is 12.2. The van der Waals surface area contributed by atoms with E-state index < -0.39 is 5.56 Å². The highest BCUT2D eigenvalue weighted by Gasteiger charge is 2.20. The summed E-state index contributed by atoms with van der Waals surface area (Å²) in [6.07, 6.45) is 3.21. The van der Waals surface area contributed by atoms with E-state index in [4.69, 9.17) is 4.52 Å². The maximum atomic E-state index is 12.2. The first-order chi connectivity index (χ1) is 11.2. The van der Waals surface area contributed by atoms with Gasteiger partial charge in [-0.1, -0.05) is 17.3 Å². The quantitative estimate of drug-likeness (QED) is 0.589. The van der Waals surface area contributed by atoms with Crippen molar-refractivity contribution in [1.82, 2.24) is 20.1 Å². The molecule has 4 rings (SSSR count). The number of benzene rings is 1. The Bertz CT molecular complexity index is 1050. The van der Waals surface area contributed by atoms with E-state index in [1.54, 1.807) is 48.8 Å². The Labute approximate surface area is 129 Å². The minimum atomic E-state index is -0.498. The number of aromatic amines is 1. The normalized spacial score (nSPS) is 11.0. The molecule has 1 aromatic carbocycles. The van der Waals surface area contributed by atoms with Gasteiger partial charge in [-0.05, 0) is 24.3 Å². The molecular weight excluding hydrogens is 296 g/mol. The summed E-state index contributed by atoms with van der Waals surface area (Å²) in [5.41, 5.74) is 0.638. The molecule has 7 nitrogen and oxygen atoms in total. The molecule has 0 radical (unpaired) electrons. The van der Waals surface area contributed by atoms with Crippen LogP contribution in [0.2, 0.25) is 0 Å². The average Bonchev–Trinajstić information content (AvgIpc) is 3.05. The highest BCUT2D eigenvalue weighted by atomic mass is 16.5. The van der Waals surface area contributed by atoms with Gasteiger partial charge in [0.2, 0.25) is 5.82 Å². The number of hydrogen-bond donors (Lipinski definition) is 2. The van der Waals surface area contributed by atoms with Gasteiger partial charge >= 0.3 is 0 Å². The zero-order valence-corrected chi connectivity index (χ0v) is 11.7. The van der Waals surface area contributed by atoms with E-state index in [0.717, 1.165) is 0 Å². The number of aromatic hydroxyl groups is 1. The Balaban J connectivity index is 1.90. The van der Waals surface area contributed by atoms with Gasteiger partial charge in [0.05, 0.1) is 5.52 Å². The van der Waals surface area contributed by atoms with Gasteiger partial charge in [-0.2, -0.15) is 4.98 Å². The zero-order chi connectivity index (χ0) is 15.8. The van der Waals surface area contributed by atoms with Gasteiger partial charge in [-0.15, -0.1) is 0 Å². The topological polar surface area (TPSA) is 105 Å². The van der Waals surface area contributed by atoms with Crippen molar-refractivity contribution in [3.8, 4) is 28.6 Å². The molecule has 3 aromatic heterocycles. The van der Waals surface area contributed by atoms with E-state index in [-0.39, 0.29) is 17.2 Å². The van der Waals surface area contributed by atoms with Gasteiger partial charge in [0.1, 0.15) is 11.3 Å². The number of rotatable bonds is 2. The standard InChI is InChI=1S/C16H10N4O3/c21-13-10-5-1-2-6-11(10)18-15(22)12(13)16-19-14(20-23-16)9-4-3-7-17-8-9/h1-8H,(H2,18,21,22). The third-order valence-corrected chi connectivity index (χ3v) is 3.45. The molecule has 4 aromatic rings. The fourth-order valence-electron chi connectivity index (χ4n) is 2.36. The number of nitrogens with zero attached hydrogens (tertiary/aromatic N) is 3. The lowest BCUT2D eigenvalue weighted by Gasteiger charge is -2.03. The summed E-state index contributed by atoms with van der Waals surface area (Å²) >= 11 is 0. The van der Waals surface area contributed by atoms with Crippen LogP contribution in [0, 0.1) is 0 Å². The van der Waals surface area contributed by atoms with Crippen LogP contribution in [-0.4, -0.2) is 25.2 Å². The summed E-state index contributed by atoms with van der Waals surface area (Å²) in [6, 6.07) is 10.4. The molecule has 2 N–H and O–H groups in total. The highest BCUT2D eigenvalue weighted by Crippen LogP contribution is 2.31. The van der Waals surface area contributed by atoms with Gasteiger partial charge in [-0.3, -0.25) is 9.78 Å². The first kappa shape index (κ1) is 13.2. The van der Waals surface area contributed by atoms with Crippen molar-refractivity contribution < 1.29 is 9.63 Å². The third kappa shape index (κ3) is 2.15. The lowest BCUT2D eigenvalue weighted by atomic mass is 10.1. The van der Waals surface area contributed by atoms with E-state index >= 15 is 0 Å². The molecule has 0 spiro atoms. The van der Waals surface area contributed by atoms with Crippen molar-refractivity contribution in [2.75, 3.05) is 0 Å². The summed E-state index contributed by atoms with van der Waals surface area (Å²) in [4.78, 5) is 23.1. The van der Waals surface area contributed by atoms with E-state index in [1.807, 2.05) is 0 Å². The Hall–Kier alpha value is -3.48. The molecule has 7 heteroatoms. The largest absolute Gasteiger partial charge is 0.506 e. The van der Waals surface area contributed by atoms with Crippen LogP contribution in [0.4, 0.5) is 0 Å². The van der Waals surface area contributed by atoms with Crippen molar-refractivity contribution in [2.24, 2.45) is 0 Å². The smallest absolute Gasteiger partial charge is 0.267 e. The number of nitrogens with one attached hydrogen (secondary N) is 1. The molecule has 0 unspecified atom stereocenters. The second kappa shape index (κ2) is 5.06. The van der Waals surface area contributed by atoms with Crippen LogP contribution >= 0.6 is 0 Å². The predicted octanol–water partition coefficient (Wildman–Crippen LogP) is 2.35.